The van der Waals surface area contributed by atoms with E-state index < -0.39 is 23.5 Å². The molecular weight excluding hydrogens is 150 g/mol. The van der Waals surface area contributed by atoms with Crippen molar-refractivity contribution in [3.8, 4) is 0 Å². The molecule has 0 heterocycles. The van der Waals surface area contributed by atoms with Crippen molar-refractivity contribution in [1.29, 1.82) is 0 Å². The zero-order valence-corrected chi connectivity index (χ0v) is 7.32. The molecule has 0 atom stereocenters. The summed E-state index contributed by atoms with van der Waals surface area (Å²) in [5.74, 6) is -5.62. The van der Waals surface area contributed by atoms with Gasteiger partial charge in [0.1, 0.15) is 0 Å². The Hall–Kier alpha value is -0.470. The zero-order valence-electron chi connectivity index (χ0n) is 7.32. The third-order valence-electron chi connectivity index (χ3n) is 1.58. The predicted octanol–water partition coefficient (Wildman–Crippen LogP) is 2.50. The maximum atomic E-state index is 12.8. The number of carbonyl (C=O) groups is 1. The summed E-state index contributed by atoms with van der Waals surface area (Å²) in [4.78, 5) is 10.9. The smallest absolute Gasteiger partial charge is 0.293 e. The van der Waals surface area contributed by atoms with Crippen LogP contribution in [0, 0.1) is 11.8 Å². The van der Waals surface area contributed by atoms with Crippen LogP contribution in [0.15, 0.2) is 0 Å². The summed E-state index contributed by atoms with van der Waals surface area (Å²) in [7, 11) is 0. The molecule has 66 valence electrons. The molecule has 0 aromatic carbocycles. The number of ketones is 1. The molecule has 3 heteroatoms. The molecule has 0 fully saturated rings. The van der Waals surface area contributed by atoms with Crippen molar-refractivity contribution in [3.05, 3.63) is 0 Å². The van der Waals surface area contributed by atoms with Gasteiger partial charge in [-0.05, 0) is 0 Å². The van der Waals surface area contributed by atoms with Crippen molar-refractivity contribution in [2.75, 3.05) is 0 Å². The molecule has 0 spiro atoms. The lowest BCUT2D eigenvalue weighted by molar-refractivity contribution is -0.152. The summed E-state index contributed by atoms with van der Waals surface area (Å²) >= 11 is 0. The Balaban J connectivity index is 4.43. The summed E-state index contributed by atoms with van der Waals surface area (Å²) in [6.07, 6.45) is 0. The van der Waals surface area contributed by atoms with Crippen molar-refractivity contribution >= 4 is 5.78 Å². The average molecular weight is 164 g/mol. The van der Waals surface area contributed by atoms with Gasteiger partial charge in [-0.25, -0.2) is 0 Å². The zero-order chi connectivity index (χ0) is 9.23. The van der Waals surface area contributed by atoms with Crippen molar-refractivity contribution in [1.82, 2.24) is 0 Å². The lowest BCUT2D eigenvalue weighted by atomic mass is 9.95. The van der Waals surface area contributed by atoms with Gasteiger partial charge in [0.25, 0.3) is 0 Å². The van der Waals surface area contributed by atoms with E-state index in [1.165, 1.54) is 27.7 Å². The van der Waals surface area contributed by atoms with E-state index in [-0.39, 0.29) is 0 Å². The second-order valence-corrected chi connectivity index (χ2v) is 3.30. The predicted molar refractivity (Wildman–Crippen MR) is 39.6 cm³/mol. The van der Waals surface area contributed by atoms with Crippen molar-refractivity contribution in [3.63, 3.8) is 0 Å². The molecule has 0 rings (SSSR count). The normalized spacial score (nSPS) is 12.7. The number of halogens is 2. The van der Waals surface area contributed by atoms with Gasteiger partial charge >= 0.3 is 5.92 Å². The number of hydrogen-bond acceptors (Lipinski definition) is 1. The molecule has 0 N–H and O–H groups in total. The Bertz CT molecular complexity index is 150. The van der Waals surface area contributed by atoms with E-state index in [9.17, 15) is 13.6 Å². The standard InChI is InChI=1S/C8H14F2O/c1-5(2)7(11)8(9,10)6(3)4/h5-6H,1-4H3. The van der Waals surface area contributed by atoms with E-state index in [0.29, 0.717) is 0 Å². The Morgan fingerprint density at radius 1 is 1.18 bits per heavy atom. The first-order valence-electron chi connectivity index (χ1n) is 3.72. The number of rotatable bonds is 3. The SMILES string of the molecule is CC(C)C(=O)C(F)(F)C(C)C. The molecule has 1 nitrogen and oxygen atoms in total. The molecule has 11 heavy (non-hydrogen) atoms. The second kappa shape index (κ2) is 3.28. The second-order valence-electron chi connectivity index (χ2n) is 3.30. The minimum Gasteiger partial charge on any atom is -0.293 e. The molecular formula is C8H14F2O. The Kier molecular flexibility index (Phi) is 3.14. The quantitative estimate of drug-likeness (QED) is 0.626. The van der Waals surface area contributed by atoms with Crippen LogP contribution < -0.4 is 0 Å². The summed E-state index contributed by atoms with van der Waals surface area (Å²) in [6, 6.07) is 0. The fourth-order valence-electron chi connectivity index (χ4n) is 0.669. The molecule has 0 aliphatic carbocycles. The molecule has 0 unspecified atom stereocenters. The number of alkyl halides is 2. The first-order valence-corrected chi connectivity index (χ1v) is 3.72. The molecule has 0 aromatic heterocycles. The third kappa shape index (κ3) is 2.24. The van der Waals surface area contributed by atoms with Crippen LogP contribution in [0.2, 0.25) is 0 Å². The summed E-state index contributed by atoms with van der Waals surface area (Å²) < 4.78 is 25.7. The largest absolute Gasteiger partial charge is 0.307 e. The molecule has 0 radical (unpaired) electrons. The minimum atomic E-state index is -3.16. The lowest BCUT2D eigenvalue weighted by Gasteiger charge is -2.20. The molecule has 0 amide bonds. The van der Waals surface area contributed by atoms with Gasteiger partial charge in [0.15, 0.2) is 0 Å². The van der Waals surface area contributed by atoms with E-state index in [1.807, 2.05) is 0 Å². The first kappa shape index (κ1) is 10.5. The van der Waals surface area contributed by atoms with Gasteiger partial charge in [0, 0.05) is 11.8 Å². The van der Waals surface area contributed by atoms with E-state index in [1.54, 1.807) is 0 Å². The highest BCUT2D eigenvalue weighted by molar-refractivity contribution is 5.87. The van der Waals surface area contributed by atoms with Gasteiger partial charge in [-0.15, -0.1) is 0 Å². The summed E-state index contributed by atoms with van der Waals surface area (Å²) in [5, 5.41) is 0. The molecule has 0 aromatic rings. The Labute approximate surface area is 65.8 Å². The van der Waals surface area contributed by atoms with Gasteiger partial charge < -0.3 is 0 Å². The van der Waals surface area contributed by atoms with Crippen molar-refractivity contribution in [2.24, 2.45) is 11.8 Å². The van der Waals surface area contributed by atoms with Crippen LogP contribution in [0.4, 0.5) is 8.78 Å². The fraction of sp³-hybridized carbons (Fsp3) is 0.875. The van der Waals surface area contributed by atoms with Crippen LogP contribution in [0.25, 0.3) is 0 Å². The lowest BCUT2D eigenvalue weighted by Crippen LogP contribution is -2.37. The number of Topliss-reactive ketones (excluding diaryl/α,β-unsaturated/α-hetero) is 1. The molecule has 0 saturated carbocycles. The van der Waals surface area contributed by atoms with E-state index in [2.05, 4.69) is 0 Å². The molecule has 0 aliphatic rings. The van der Waals surface area contributed by atoms with Gasteiger partial charge in [0.05, 0.1) is 0 Å². The number of carbonyl (C=O) groups excluding carboxylic acids is 1. The van der Waals surface area contributed by atoms with Crippen LogP contribution >= 0.6 is 0 Å². The van der Waals surface area contributed by atoms with Gasteiger partial charge in [-0.2, -0.15) is 8.78 Å². The average Bonchev–Trinajstić information content (AvgIpc) is 1.85. The molecule has 0 bridgehead atoms. The maximum absolute atomic E-state index is 12.8. The van der Waals surface area contributed by atoms with Gasteiger partial charge in [0.2, 0.25) is 5.78 Å². The fourth-order valence-corrected chi connectivity index (χ4v) is 0.669. The highest BCUT2D eigenvalue weighted by Crippen LogP contribution is 2.27. The van der Waals surface area contributed by atoms with Crippen LogP contribution in [0.1, 0.15) is 27.7 Å². The van der Waals surface area contributed by atoms with Crippen LogP contribution in [0.5, 0.6) is 0 Å². The minimum absolute atomic E-state index is 0.590. The highest BCUT2D eigenvalue weighted by atomic mass is 19.3. The third-order valence-corrected chi connectivity index (χ3v) is 1.58. The van der Waals surface area contributed by atoms with E-state index in [4.69, 9.17) is 0 Å². The first-order chi connectivity index (χ1) is 4.80. The Morgan fingerprint density at radius 3 is 1.64 bits per heavy atom. The summed E-state index contributed by atoms with van der Waals surface area (Å²) in [5.41, 5.74) is 0. The van der Waals surface area contributed by atoms with Crippen molar-refractivity contribution < 1.29 is 13.6 Å². The maximum Gasteiger partial charge on any atom is 0.307 e. The van der Waals surface area contributed by atoms with Crippen LogP contribution in [-0.2, 0) is 4.79 Å². The Morgan fingerprint density at radius 2 is 1.55 bits per heavy atom. The van der Waals surface area contributed by atoms with Gasteiger partial charge in [-0.3, -0.25) is 4.79 Å². The van der Waals surface area contributed by atoms with E-state index in [0.717, 1.165) is 0 Å². The summed E-state index contributed by atoms with van der Waals surface area (Å²) in [6.45, 7) is 5.66. The number of hydrogen-bond donors (Lipinski definition) is 0. The molecule has 0 saturated heterocycles. The van der Waals surface area contributed by atoms with Crippen LogP contribution in [-0.4, -0.2) is 11.7 Å². The topological polar surface area (TPSA) is 17.1 Å². The van der Waals surface area contributed by atoms with E-state index >= 15 is 0 Å². The molecule has 0 aliphatic heterocycles. The van der Waals surface area contributed by atoms with Gasteiger partial charge in [-0.1, -0.05) is 27.7 Å². The van der Waals surface area contributed by atoms with Crippen LogP contribution in [0.3, 0.4) is 0 Å². The monoisotopic (exact) mass is 164 g/mol. The highest BCUT2D eigenvalue weighted by Gasteiger charge is 2.42. The van der Waals surface area contributed by atoms with Crippen molar-refractivity contribution in [2.45, 2.75) is 33.6 Å².